The predicted octanol–water partition coefficient (Wildman–Crippen LogP) is 4.30. The van der Waals surface area contributed by atoms with Crippen LogP contribution in [0.5, 0.6) is 0 Å². The van der Waals surface area contributed by atoms with Gasteiger partial charge in [0.25, 0.3) is 0 Å². The van der Waals surface area contributed by atoms with Gasteiger partial charge in [0.2, 0.25) is 0 Å². The maximum atomic E-state index is 12.3. The second kappa shape index (κ2) is 15.8. The molecule has 1 rings (SSSR count). The average Bonchev–Trinajstić information content (AvgIpc) is 2.76. The highest BCUT2D eigenvalue weighted by atomic mass is 16.6. The van der Waals surface area contributed by atoms with Gasteiger partial charge < -0.3 is 20.1 Å². The number of rotatable bonds is 16. The summed E-state index contributed by atoms with van der Waals surface area (Å²) in [5.41, 5.74) is 7.29. The minimum Gasteiger partial charge on any atom is -0.465 e. The summed E-state index contributed by atoms with van der Waals surface area (Å²) in [6.07, 6.45) is 4.46. The quantitative estimate of drug-likeness (QED) is 0.281. The highest BCUT2D eigenvalue weighted by Gasteiger charge is 2.23. The summed E-state index contributed by atoms with van der Waals surface area (Å²) in [5, 5.41) is 0. The molecule has 0 bridgehead atoms. The lowest BCUT2D eigenvalue weighted by Crippen LogP contribution is -2.33. The number of nitrogens with zero attached hydrogens (tertiary/aromatic N) is 2. The number of hydrogen-bond donors (Lipinski definition) is 1. The molecule has 0 saturated carbocycles. The van der Waals surface area contributed by atoms with Crippen molar-refractivity contribution >= 4 is 11.9 Å². The van der Waals surface area contributed by atoms with E-state index in [4.69, 9.17) is 15.2 Å². The summed E-state index contributed by atoms with van der Waals surface area (Å²) in [7, 11) is 0. The number of ether oxygens (including phenoxy) is 2. The highest BCUT2D eigenvalue weighted by molar-refractivity contribution is 5.77. The maximum absolute atomic E-state index is 12.3. The van der Waals surface area contributed by atoms with E-state index in [-0.39, 0.29) is 12.5 Å². The predicted molar refractivity (Wildman–Crippen MR) is 137 cm³/mol. The van der Waals surface area contributed by atoms with E-state index in [0.717, 1.165) is 44.6 Å². The number of esters is 2. The number of hydrogen-bond acceptors (Lipinski definition) is 7. The molecule has 34 heavy (non-hydrogen) atoms. The van der Waals surface area contributed by atoms with E-state index >= 15 is 0 Å². The first kappa shape index (κ1) is 30.1. The van der Waals surface area contributed by atoms with Crippen LogP contribution in [0.15, 0.2) is 24.3 Å². The van der Waals surface area contributed by atoms with Crippen LogP contribution in [0.4, 0.5) is 0 Å². The molecule has 0 radical (unpaired) electrons. The van der Waals surface area contributed by atoms with Gasteiger partial charge >= 0.3 is 11.9 Å². The van der Waals surface area contributed by atoms with E-state index in [1.54, 1.807) is 0 Å². The van der Waals surface area contributed by atoms with Gasteiger partial charge in [0.15, 0.2) is 0 Å². The molecule has 1 aromatic rings. The molecule has 0 spiro atoms. The monoisotopic (exact) mass is 477 g/mol. The zero-order valence-corrected chi connectivity index (χ0v) is 22.3. The zero-order chi connectivity index (χ0) is 25.6. The van der Waals surface area contributed by atoms with Crippen molar-refractivity contribution in [3.05, 3.63) is 35.4 Å². The van der Waals surface area contributed by atoms with Crippen molar-refractivity contribution in [3.8, 4) is 0 Å². The van der Waals surface area contributed by atoms with Crippen molar-refractivity contribution in [1.29, 1.82) is 0 Å². The standard InChI is InChI=1S/C27H47N3O4/c1-7-16-29(17-8-2)18-10-11-19-30(21-24(31)33-9-3)20-22-12-14-23(15-13-22)25(28)26(32)34-27(4,5)6/h12-15,25H,7-11,16-21,28H2,1-6H3. The molecule has 1 unspecified atom stereocenters. The topological polar surface area (TPSA) is 85.1 Å². The van der Waals surface area contributed by atoms with E-state index in [0.29, 0.717) is 18.7 Å². The Kier molecular flexibility index (Phi) is 14.0. The molecule has 0 aliphatic rings. The Balaban J connectivity index is 2.71. The number of carbonyl (C=O) groups excluding carboxylic acids is 2. The molecule has 0 heterocycles. The van der Waals surface area contributed by atoms with Crippen molar-refractivity contribution < 1.29 is 19.1 Å². The molecule has 2 N–H and O–H groups in total. The highest BCUT2D eigenvalue weighted by Crippen LogP contribution is 2.18. The first-order valence-corrected chi connectivity index (χ1v) is 12.8. The van der Waals surface area contributed by atoms with Crippen LogP contribution in [0.25, 0.3) is 0 Å². The summed E-state index contributed by atoms with van der Waals surface area (Å²) in [4.78, 5) is 29.1. The summed E-state index contributed by atoms with van der Waals surface area (Å²) in [6, 6.07) is 6.82. The Morgan fingerprint density at radius 2 is 1.47 bits per heavy atom. The van der Waals surface area contributed by atoms with Crippen molar-refractivity contribution in [2.24, 2.45) is 5.73 Å². The largest absolute Gasteiger partial charge is 0.465 e. The van der Waals surface area contributed by atoms with Gasteiger partial charge in [-0.2, -0.15) is 0 Å². The van der Waals surface area contributed by atoms with Crippen LogP contribution < -0.4 is 5.73 Å². The van der Waals surface area contributed by atoms with Crippen molar-refractivity contribution in [1.82, 2.24) is 9.80 Å². The lowest BCUT2D eigenvalue weighted by atomic mass is 10.0. The second-order valence-electron chi connectivity index (χ2n) is 9.82. The molecule has 0 aliphatic carbocycles. The molecule has 1 aromatic carbocycles. The van der Waals surface area contributed by atoms with Gasteiger partial charge in [0.05, 0.1) is 13.2 Å². The molecule has 1 atom stereocenters. The number of carbonyl (C=O) groups is 2. The first-order chi connectivity index (χ1) is 16.1. The molecule has 7 nitrogen and oxygen atoms in total. The number of benzene rings is 1. The van der Waals surface area contributed by atoms with Crippen LogP contribution in [-0.2, 0) is 25.6 Å². The van der Waals surface area contributed by atoms with Crippen LogP contribution in [0.1, 0.15) is 84.4 Å². The molecular weight excluding hydrogens is 430 g/mol. The minimum absolute atomic E-state index is 0.204. The smallest absolute Gasteiger partial charge is 0.328 e. The van der Waals surface area contributed by atoms with Gasteiger partial charge in [0, 0.05) is 6.54 Å². The van der Waals surface area contributed by atoms with Gasteiger partial charge in [-0.25, -0.2) is 4.79 Å². The third-order valence-corrected chi connectivity index (χ3v) is 5.34. The fraction of sp³-hybridized carbons (Fsp3) is 0.704. The fourth-order valence-electron chi connectivity index (χ4n) is 3.83. The fourth-order valence-corrected chi connectivity index (χ4v) is 3.83. The molecule has 7 heteroatoms. The Bertz CT molecular complexity index is 710. The summed E-state index contributed by atoms with van der Waals surface area (Å²) in [5.74, 6) is -0.644. The van der Waals surface area contributed by atoms with E-state index < -0.39 is 17.6 Å². The number of nitrogens with two attached hydrogens (primary N) is 1. The Labute approximate surface area is 207 Å². The SMILES string of the molecule is CCCN(CCC)CCCCN(CC(=O)OCC)Cc1ccc(C(N)C(=O)OC(C)(C)C)cc1. The zero-order valence-electron chi connectivity index (χ0n) is 22.3. The Morgan fingerprint density at radius 1 is 0.912 bits per heavy atom. The van der Waals surface area contributed by atoms with E-state index in [1.165, 1.54) is 12.8 Å². The van der Waals surface area contributed by atoms with E-state index in [2.05, 4.69) is 23.6 Å². The number of unbranched alkanes of at least 4 members (excludes halogenated alkanes) is 1. The molecule has 0 aliphatic heterocycles. The van der Waals surface area contributed by atoms with Crippen LogP contribution in [0.2, 0.25) is 0 Å². The van der Waals surface area contributed by atoms with Gasteiger partial charge in [-0.15, -0.1) is 0 Å². The maximum Gasteiger partial charge on any atom is 0.328 e. The van der Waals surface area contributed by atoms with Gasteiger partial charge in [0.1, 0.15) is 11.6 Å². The molecular formula is C27H47N3O4. The van der Waals surface area contributed by atoms with E-state index in [9.17, 15) is 9.59 Å². The molecule has 0 aromatic heterocycles. The first-order valence-electron chi connectivity index (χ1n) is 12.8. The third-order valence-electron chi connectivity index (χ3n) is 5.34. The third kappa shape index (κ3) is 12.5. The summed E-state index contributed by atoms with van der Waals surface area (Å²) in [6.45, 7) is 17.2. The van der Waals surface area contributed by atoms with Gasteiger partial charge in [-0.05, 0) is 90.7 Å². The molecule has 0 amide bonds. The molecule has 0 saturated heterocycles. The molecule has 194 valence electrons. The Morgan fingerprint density at radius 3 is 1.97 bits per heavy atom. The normalized spacial score (nSPS) is 12.7. The minimum atomic E-state index is -0.821. The van der Waals surface area contributed by atoms with Crippen molar-refractivity contribution in [2.45, 2.75) is 85.4 Å². The van der Waals surface area contributed by atoms with Crippen molar-refractivity contribution in [3.63, 3.8) is 0 Å². The van der Waals surface area contributed by atoms with Crippen LogP contribution in [0, 0.1) is 0 Å². The summed E-state index contributed by atoms with van der Waals surface area (Å²) < 4.78 is 10.6. The second-order valence-corrected chi connectivity index (χ2v) is 9.82. The lowest BCUT2D eigenvalue weighted by molar-refractivity contribution is -0.156. The average molecular weight is 478 g/mol. The summed E-state index contributed by atoms with van der Waals surface area (Å²) >= 11 is 0. The molecule has 0 fully saturated rings. The van der Waals surface area contributed by atoms with Gasteiger partial charge in [-0.3, -0.25) is 9.69 Å². The van der Waals surface area contributed by atoms with Crippen LogP contribution >= 0.6 is 0 Å². The van der Waals surface area contributed by atoms with Crippen LogP contribution in [-0.4, -0.2) is 66.7 Å². The van der Waals surface area contributed by atoms with E-state index in [1.807, 2.05) is 52.0 Å². The Hall–Kier alpha value is -1.96. The lowest BCUT2D eigenvalue weighted by Gasteiger charge is -2.24. The van der Waals surface area contributed by atoms with Gasteiger partial charge in [-0.1, -0.05) is 38.1 Å². The van der Waals surface area contributed by atoms with Crippen molar-refractivity contribution in [2.75, 3.05) is 39.3 Å². The van der Waals surface area contributed by atoms with Crippen LogP contribution in [0.3, 0.4) is 0 Å².